The van der Waals surface area contributed by atoms with Gasteiger partial charge in [-0.25, -0.2) is 4.39 Å². The Morgan fingerprint density at radius 3 is 2.88 bits per heavy atom. The molecule has 4 heteroatoms. The van der Waals surface area contributed by atoms with Crippen LogP contribution < -0.4 is 4.90 Å². The SMILES string of the molecule is CCN(C(=O)CF)c1c[nH]c2ccccc12. The summed E-state index contributed by atoms with van der Waals surface area (Å²) in [5, 5.41) is 0.936. The monoisotopic (exact) mass is 220 g/mol. The van der Waals surface area contributed by atoms with E-state index in [1.807, 2.05) is 31.2 Å². The maximum Gasteiger partial charge on any atom is 0.258 e. The second-order valence-corrected chi connectivity index (χ2v) is 3.49. The van der Waals surface area contributed by atoms with Crippen LogP contribution in [-0.2, 0) is 4.79 Å². The van der Waals surface area contributed by atoms with Crippen molar-refractivity contribution in [2.24, 2.45) is 0 Å². The van der Waals surface area contributed by atoms with Crippen LogP contribution >= 0.6 is 0 Å². The molecule has 3 nitrogen and oxygen atoms in total. The molecule has 0 radical (unpaired) electrons. The van der Waals surface area contributed by atoms with E-state index in [0.717, 1.165) is 16.6 Å². The van der Waals surface area contributed by atoms with E-state index >= 15 is 0 Å². The lowest BCUT2D eigenvalue weighted by Crippen LogP contribution is -2.31. The molecule has 84 valence electrons. The van der Waals surface area contributed by atoms with Gasteiger partial charge in [-0.3, -0.25) is 4.79 Å². The van der Waals surface area contributed by atoms with Crippen molar-refractivity contribution in [3.05, 3.63) is 30.5 Å². The molecule has 2 aromatic rings. The highest BCUT2D eigenvalue weighted by Gasteiger charge is 2.16. The largest absolute Gasteiger partial charge is 0.359 e. The van der Waals surface area contributed by atoms with E-state index in [1.54, 1.807) is 6.20 Å². The van der Waals surface area contributed by atoms with Crippen molar-refractivity contribution in [1.29, 1.82) is 0 Å². The zero-order valence-electron chi connectivity index (χ0n) is 9.03. The molecule has 0 saturated carbocycles. The number of hydrogen-bond donors (Lipinski definition) is 1. The lowest BCUT2D eigenvalue weighted by Gasteiger charge is -2.18. The number of H-pyrrole nitrogens is 1. The van der Waals surface area contributed by atoms with Gasteiger partial charge in [0.05, 0.1) is 5.69 Å². The van der Waals surface area contributed by atoms with Gasteiger partial charge in [0.1, 0.15) is 0 Å². The molecule has 1 heterocycles. The maximum absolute atomic E-state index is 12.4. The molecule has 0 aliphatic heterocycles. The third kappa shape index (κ3) is 1.66. The second-order valence-electron chi connectivity index (χ2n) is 3.49. The maximum atomic E-state index is 12.4. The first-order valence-corrected chi connectivity index (χ1v) is 5.20. The van der Waals surface area contributed by atoms with Crippen LogP contribution in [0.5, 0.6) is 0 Å². The molecule has 0 atom stereocenters. The third-order valence-corrected chi connectivity index (χ3v) is 2.59. The molecule has 0 bridgehead atoms. The molecule has 1 aromatic carbocycles. The van der Waals surface area contributed by atoms with Crippen molar-refractivity contribution in [3.63, 3.8) is 0 Å². The quantitative estimate of drug-likeness (QED) is 0.847. The van der Waals surface area contributed by atoms with Gasteiger partial charge in [0.2, 0.25) is 0 Å². The Labute approximate surface area is 92.9 Å². The van der Waals surface area contributed by atoms with Gasteiger partial charge in [0.25, 0.3) is 5.91 Å². The molecular weight excluding hydrogens is 207 g/mol. The van der Waals surface area contributed by atoms with E-state index in [4.69, 9.17) is 0 Å². The van der Waals surface area contributed by atoms with Crippen LogP contribution in [0.15, 0.2) is 30.5 Å². The van der Waals surface area contributed by atoms with Gasteiger partial charge in [-0.1, -0.05) is 18.2 Å². The van der Waals surface area contributed by atoms with E-state index in [1.165, 1.54) is 4.90 Å². The minimum absolute atomic E-state index is 0.463. The number of halogens is 1. The summed E-state index contributed by atoms with van der Waals surface area (Å²) in [6.45, 7) is 1.33. The first-order chi connectivity index (χ1) is 7.77. The van der Waals surface area contributed by atoms with Crippen LogP contribution in [0, 0.1) is 0 Å². The van der Waals surface area contributed by atoms with Crippen molar-refractivity contribution < 1.29 is 9.18 Å². The van der Waals surface area contributed by atoms with Crippen molar-refractivity contribution in [1.82, 2.24) is 4.98 Å². The number of amides is 1. The van der Waals surface area contributed by atoms with Gasteiger partial charge in [-0.2, -0.15) is 0 Å². The Bertz CT molecular complexity index is 506. The lowest BCUT2D eigenvalue weighted by molar-refractivity contribution is -0.119. The minimum atomic E-state index is -0.965. The number of nitrogens with zero attached hydrogens (tertiary/aromatic N) is 1. The van der Waals surface area contributed by atoms with Crippen molar-refractivity contribution in [3.8, 4) is 0 Å². The summed E-state index contributed by atoms with van der Waals surface area (Å²) in [6.07, 6.45) is 1.74. The number of benzene rings is 1. The second kappa shape index (κ2) is 4.35. The summed E-state index contributed by atoms with van der Waals surface area (Å²) in [7, 11) is 0. The molecule has 16 heavy (non-hydrogen) atoms. The average Bonchev–Trinajstić information content (AvgIpc) is 2.74. The fraction of sp³-hybridized carbons (Fsp3) is 0.250. The minimum Gasteiger partial charge on any atom is -0.359 e. The average molecular weight is 220 g/mol. The van der Waals surface area contributed by atoms with Gasteiger partial charge in [0, 0.05) is 23.6 Å². The molecule has 0 aliphatic rings. The summed E-state index contributed by atoms with van der Waals surface area (Å²) < 4.78 is 12.4. The van der Waals surface area contributed by atoms with Crippen LogP contribution in [0.25, 0.3) is 10.9 Å². The number of alkyl halides is 1. The number of carbonyl (C=O) groups excluding carboxylic acids is 1. The highest BCUT2D eigenvalue weighted by molar-refractivity contribution is 6.03. The van der Waals surface area contributed by atoms with Gasteiger partial charge < -0.3 is 9.88 Å². The fourth-order valence-corrected chi connectivity index (χ4v) is 1.83. The summed E-state index contributed by atoms with van der Waals surface area (Å²) >= 11 is 0. The van der Waals surface area contributed by atoms with Crippen molar-refractivity contribution in [2.75, 3.05) is 18.1 Å². The van der Waals surface area contributed by atoms with Crippen LogP contribution in [-0.4, -0.2) is 24.1 Å². The summed E-state index contributed by atoms with van der Waals surface area (Å²) in [6, 6.07) is 7.64. The predicted octanol–water partition coefficient (Wildman–Crippen LogP) is 2.49. The molecule has 0 spiro atoms. The first kappa shape index (κ1) is 10.7. The highest BCUT2D eigenvalue weighted by Crippen LogP contribution is 2.26. The van der Waals surface area contributed by atoms with Crippen molar-refractivity contribution in [2.45, 2.75) is 6.92 Å². The number of fused-ring (bicyclic) bond motifs is 1. The summed E-state index contributed by atoms with van der Waals surface area (Å²) in [5.74, 6) is -0.507. The zero-order valence-corrected chi connectivity index (χ0v) is 9.03. The number of nitrogens with one attached hydrogen (secondary N) is 1. The molecule has 0 saturated heterocycles. The normalized spacial score (nSPS) is 10.6. The molecule has 0 fully saturated rings. The molecule has 0 aliphatic carbocycles. The fourth-order valence-electron chi connectivity index (χ4n) is 1.83. The Balaban J connectivity index is 2.49. The molecule has 1 N–H and O–H groups in total. The van der Waals surface area contributed by atoms with Crippen LogP contribution in [0.3, 0.4) is 0 Å². The van der Waals surface area contributed by atoms with E-state index in [-0.39, 0.29) is 0 Å². The van der Waals surface area contributed by atoms with Crippen LogP contribution in [0.4, 0.5) is 10.1 Å². The van der Waals surface area contributed by atoms with Gasteiger partial charge >= 0.3 is 0 Å². The van der Waals surface area contributed by atoms with Crippen LogP contribution in [0.2, 0.25) is 0 Å². The standard InChI is InChI=1S/C12H13FN2O/c1-2-15(12(16)7-13)11-8-14-10-6-4-3-5-9(10)11/h3-6,8,14H,2,7H2,1H3. The first-order valence-electron chi connectivity index (χ1n) is 5.20. The number of anilines is 1. The third-order valence-electron chi connectivity index (χ3n) is 2.59. The summed E-state index contributed by atoms with van der Waals surface area (Å²) in [4.78, 5) is 15.9. The number of hydrogen-bond acceptors (Lipinski definition) is 1. The topological polar surface area (TPSA) is 36.1 Å². The smallest absolute Gasteiger partial charge is 0.258 e. The van der Waals surface area contributed by atoms with Crippen LogP contribution in [0.1, 0.15) is 6.92 Å². The highest BCUT2D eigenvalue weighted by atomic mass is 19.1. The zero-order chi connectivity index (χ0) is 11.5. The Morgan fingerprint density at radius 1 is 1.44 bits per heavy atom. The van der Waals surface area contributed by atoms with E-state index in [9.17, 15) is 9.18 Å². The van der Waals surface area contributed by atoms with Gasteiger partial charge in [-0.15, -0.1) is 0 Å². The Kier molecular flexibility index (Phi) is 2.90. The molecule has 1 aromatic heterocycles. The lowest BCUT2D eigenvalue weighted by atomic mass is 10.2. The molecule has 2 rings (SSSR count). The number of aromatic nitrogens is 1. The van der Waals surface area contributed by atoms with Gasteiger partial charge in [-0.05, 0) is 13.0 Å². The number of rotatable bonds is 3. The van der Waals surface area contributed by atoms with E-state index in [2.05, 4.69) is 4.98 Å². The van der Waals surface area contributed by atoms with Gasteiger partial charge in [0.15, 0.2) is 6.67 Å². The number of carbonyl (C=O) groups is 1. The molecule has 1 amide bonds. The predicted molar refractivity (Wildman–Crippen MR) is 62.3 cm³/mol. The number of para-hydroxylation sites is 1. The Hall–Kier alpha value is -1.84. The number of aromatic amines is 1. The van der Waals surface area contributed by atoms with Crippen molar-refractivity contribution >= 4 is 22.5 Å². The van der Waals surface area contributed by atoms with E-state index < -0.39 is 12.6 Å². The summed E-state index contributed by atoms with van der Waals surface area (Å²) in [5.41, 5.74) is 1.68. The van der Waals surface area contributed by atoms with E-state index in [0.29, 0.717) is 6.54 Å². The molecular formula is C12H13FN2O. The Morgan fingerprint density at radius 2 is 2.19 bits per heavy atom. The molecule has 0 unspecified atom stereocenters.